The first-order chi connectivity index (χ1) is 11.4. The molecule has 0 bridgehead atoms. The van der Waals surface area contributed by atoms with Gasteiger partial charge < -0.3 is 19.4 Å². The van der Waals surface area contributed by atoms with Crippen LogP contribution in [0.4, 0.5) is 8.78 Å². The number of carbonyl (C=O) groups excluding carboxylic acids is 3. The number of ether oxygens (including phenoxy) is 2. The highest BCUT2D eigenvalue weighted by Gasteiger charge is 2.33. The zero-order chi connectivity index (χ0) is 19.4. The summed E-state index contributed by atoms with van der Waals surface area (Å²) in [6, 6.07) is 3.84. The van der Waals surface area contributed by atoms with Crippen LogP contribution >= 0.6 is 22.6 Å². The molecule has 0 radical (unpaired) electrons. The summed E-state index contributed by atoms with van der Waals surface area (Å²) in [6.45, 7) is 3.66. The number of alkyl halides is 2. The maximum atomic E-state index is 12.9. The van der Waals surface area contributed by atoms with Crippen molar-refractivity contribution >= 4 is 40.5 Å². The Hall–Kier alpha value is -1.78. The van der Waals surface area contributed by atoms with Crippen LogP contribution in [0.5, 0.6) is 5.75 Å². The molecule has 0 aliphatic rings. The largest absolute Gasteiger partial charge is 0.544 e. The highest BCUT2D eigenvalue weighted by atomic mass is 127. The van der Waals surface area contributed by atoms with E-state index in [2.05, 4.69) is 4.74 Å². The second-order valence-corrected chi connectivity index (χ2v) is 7.00. The van der Waals surface area contributed by atoms with Crippen molar-refractivity contribution in [1.29, 1.82) is 0 Å². The van der Waals surface area contributed by atoms with Crippen molar-refractivity contribution in [1.82, 2.24) is 0 Å². The Kier molecular flexibility index (Phi) is 6.86. The number of rotatable bonds is 7. The number of benzene rings is 1. The summed E-state index contributed by atoms with van der Waals surface area (Å²) < 4.78 is 35.7. The van der Waals surface area contributed by atoms with Crippen LogP contribution in [-0.2, 0) is 14.3 Å². The number of halogens is 3. The van der Waals surface area contributed by atoms with Gasteiger partial charge in [0.15, 0.2) is 6.61 Å². The van der Waals surface area contributed by atoms with Gasteiger partial charge in [-0.2, -0.15) is 8.78 Å². The zero-order valence-corrected chi connectivity index (χ0v) is 15.9. The molecule has 0 heterocycles. The molecule has 0 spiro atoms. The van der Waals surface area contributed by atoms with Gasteiger partial charge in [-0.05, 0) is 61.1 Å². The topological polar surface area (TPSA) is 92.7 Å². The lowest BCUT2D eigenvalue weighted by Crippen LogP contribution is -2.45. The molecule has 0 atom stereocenters. The monoisotopic (exact) mass is 469 g/mol. The fraction of sp³-hybridized carbons (Fsp3) is 0.438. The van der Waals surface area contributed by atoms with Crippen LogP contribution in [0.15, 0.2) is 18.2 Å². The number of aliphatic carboxylic acids is 1. The molecule has 0 amide bonds. The Morgan fingerprint density at radius 2 is 1.84 bits per heavy atom. The van der Waals surface area contributed by atoms with Crippen molar-refractivity contribution in [2.45, 2.75) is 33.1 Å². The van der Waals surface area contributed by atoms with E-state index in [1.807, 2.05) is 29.5 Å². The average Bonchev–Trinajstić information content (AvgIpc) is 2.54. The lowest BCUT2D eigenvalue weighted by molar-refractivity contribution is -0.331. The van der Waals surface area contributed by atoms with Crippen LogP contribution < -0.4 is 9.84 Å². The SMILES string of the molecule is CCC(C)(C)C(=O)Oc1ccc(C(=O)OCC(F)(F)C(=O)[O-])cc1I. The molecular weight excluding hydrogens is 453 g/mol. The minimum Gasteiger partial charge on any atom is -0.544 e. The molecule has 9 heteroatoms. The molecule has 0 aliphatic heterocycles. The second kappa shape index (κ2) is 8.07. The van der Waals surface area contributed by atoms with Crippen molar-refractivity contribution in [3.8, 4) is 5.75 Å². The Morgan fingerprint density at radius 1 is 1.24 bits per heavy atom. The number of esters is 2. The predicted octanol–water partition coefficient (Wildman–Crippen LogP) is 2.17. The van der Waals surface area contributed by atoms with E-state index in [-0.39, 0.29) is 11.3 Å². The first-order valence-corrected chi connectivity index (χ1v) is 8.27. The standard InChI is InChI=1S/C16H17F2IO6/c1-4-15(2,3)14(23)25-11-6-5-9(7-10(11)19)12(20)24-8-16(17,18)13(21)22/h5-7H,4,8H2,1-3H3,(H,21,22)/p-1. The van der Waals surface area contributed by atoms with Gasteiger partial charge in [-0.1, -0.05) is 6.92 Å². The third kappa shape index (κ3) is 5.62. The molecule has 1 aromatic carbocycles. The van der Waals surface area contributed by atoms with Crippen molar-refractivity contribution in [3.63, 3.8) is 0 Å². The Balaban J connectivity index is 2.83. The van der Waals surface area contributed by atoms with Crippen LogP contribution in [0.2, 0.25) is 0 Å². The minimum absolute atomic E-state index is 0.0897. The molecule has 1 aromatic rings. The van der Waals surface area contributed by atoms with Gasteiger partial charge in [0, 0.05) is 0 Å². The highest BCUT2D eigenvalue weighted by Crippen LogP contribution is 2.27. The molecule has 25 heavy (non-hydrogen) atoms. The van der Waals surface area contributed by atoms with Gasteiger partial charge in [0.25, 0.3) is 0 Å². The predicted molar refractivity (Wildman–Crippen MR) is 89.1 cm³/mol. The van der Waals surface area contributed by atoms with Crippen molar-refractivity contribution < 1.29 is 37.7 Å². The fourth-order valence-electron chi connectivity index (χ4n) is 1.39. The molecule has 0 unspecified atom stereocenters. The normalized spacial score (nSPS) is 11.8. The van der Waals surface area contributed by atoms with E-state index in [0.717, 1.165) is 0 Å². The summed E-state index contributed by atoms with van der Waals surface area (Å²) in [7, 11) is 0. The molecular formula is C16H16F2IO6-. The zero-order valence-electron chi connectivity index (χ0n) is 13.7. The van der Waals surface area contributed by atoms with E-state index in [9.17, 15) is 28.3 Å². The van der Waals surface area contributed by atoms with Gasteiger partial charge in [-0.15, -0.1) is 0 Å². The maximum Gasteiger partial charge on any atom is 0.338 e. The summed E-state index contributed by atoms with van der Waals surface area (Å²) in [5.41, 5.74) is -0.773. The first-order valence-electron chi connectivity index (χ1n) is 7.19. The summed E-state index contributed by atoms with van der Waals surface area (Å²) >= 11 is 1.81. The lowest BCUT2D eigenvalue weighted by Gasteiger charge is -2.20. The van der Waals surface area contributed by atoms with Crippen LogP contribution in [0.25, 0.3) is 0 Å². The van der Waals surface area contributed by atoms with E-state index in [0.29, 0.717) is 9.99 Å². The quantitative estimate of drug-likeness (QED) is 0.346. The highest BCUT2D eigenvalue weighted by molar-refractivity contribution is 14.1. The smallest absolute Gasteiger partial charge is 0.338 e. The van der Waals surface area contributed by atoms with Crippen molar-refractivity contribution in [2.24, 2.45) is 5.41 Å². The maximum absolute atomic E-state index is 12.9. The van der Waals surface area contributed by atoms with Crippen LogP contribution in [0, 0.1) is 8.99 Å². The third-order valence-corrected chi connectivity index (χ3v) is 4.33. The van der Waals surface area contributed by atoms with E-state index in [4.69, 9.17) is 4.74 Å². The van der Waals surface area contributed by atoms with Crippen LogP contribution in [0.3, 0.4) is 0 Å². The molecule has 0 saturated heterocycles. The van der Waals surface area contributed by atoms with Crippen LogP contribution in [-0.4, -0.2) is 30.4 Å². The van der Waals surface area contributed by atoms with E-state index in [1.165, 1.54) is 18.2 Å². The number of carboxylic acids is 1. The molecule has 0 aliphatic carbocycles. The molecule has 0 N–H and O–H groups in total. The van der Waals surface area contributed by atoms with Gasteiger partial charge in [-0.25, -0.2) is 4.79 Å². The molecule has 0 saturated carbocycles. The number of hydrogen-bond acceptors (Lipinski definition) is 6. The third-order valence-electron chi connectivity index (χ3n) is 3.49. The van der Waals surface area contributed by atoms with Gasteiger partial charge in [-0.3, -0.25) is 4.79 Å². The van der Waals surface area contributed by atoms with Gasteiger partial charge in [0.1, 0.15) is 11.7 Å². The number of hydrogen-bond donors (Lipinski definition) is 0. The molecule has 0 fully saturated rings. The summed E-state index contributed by atoms with van der Waals surface area (Å²) in [6.07, 6.45) is 0.569. The Labute approximate surface area is 156 Å². The lowest BCUT2D eigenvalue weighted by atomic mass is 9.91. The summed E-state index contributed by atoms with van der Waals surface area (Å²) in [4.78, 5) is 34.0. The Morgan fingerprint density at radius 3 is 2.32 bits per heavy atom. The van der Waals surface area contributed by atoms with Gasteiger partial charge >= 0.3 is 17.9 Å². The van der Waals surface area contributed by atoms with E-state index in [1.54, 1.807) is 13.8 Å². The van der Waals surface area contributed by atoms with Gasteiger partial charge in [0.05, 0.1) is 14.5 Å². The summed E-state index contributed by atoms with van der Waals surface area (Å²) in [5.74, 6) is -8.27. The number of carboxylic acid groups (broad SMARTS) is 1. The summed E-state index contributed by atoms with van der Waals surface area (Å²) in [5, 5.41) is 10.2. The first kappa shape index (κ1) is 21.3. The van der Waals surface area contributed by atoms with Crippen molar-refractivity contribution in [2.75, 3.05) is 6.61 Å². The van der Waals surface area contributed by atoms with E-state index < -0.39 is 35.9 Å². The molecule has 138 valence electrons. The molecule has 1 rings (SSSR count). The van der Waals surface area contributed by atoms with Crippen molar-refractivity contribution in [3.05, 3.63) is 27.3 Å². The fourth-order valence-corrected chi connectivity index (χ4v) is 2.02. The Bertz CT molecular complexity index is 687. The van der Waals surface area contributed by atoms with Gasteiger partial charge in [0.2, 0.25) is 0 Å². The number of carbonyl (C=O) groups is 3. The van der Waals surface area contributed by atoms with Crippen LogP contribution in [0.1, 0.15) is 37.6 Å². The van der Waals surface area contributed by atoms with E-state index >= 15 is 0 Å². The molecule has 6 nitrogen and oxygen atoms in total. The molecule has 0 aromatic heterocycles. The average molecular weight is 469 g/mol. The second-order valence-electron chi connectivity index (χ2n) is 5.84. The minimum atomic E-state index is -4.27.